The smallest absolute Gasteiger partial charge is 0.416 e. The lowest BCUT2D eigenvalue weighted by Gasteiger charge is -2.13. The summed E-state index contributed by atoms with van der Waals surface area (Å²) >= 11 is 13.2. The second-order valence-corrected chi connectivity index (χ2v) is 10.9. The number of ether oxygens (including phenoxy) is 1. The predicted octanol–water partition coefficient (Wildman–Crippen LogP) is 6.40. The minimum Gasteiger partial charge on any atom is -0.431 e. The van der Waals surface area contributed by atoms with Gasteiger partial charge in [-0.05, 0) is 53.7 Å². The van der Waals surface area contributed by atoms with Gasteiger partial charge in [0.2, 0.25) is 5.82 Å². The zero-order chi connectivity index (χ0) is 26.4. The maximum atomic E-state index is 12.9. The second-order valence-electron chi connectivity index (χ2n) is 7.42. The number of anilines is 1. The van der Waals surface area contributed by atoms with Crippen molar-refractivity contribution < 1.29 is 26.3 Å². The van der Waals surface area contributed by atoms with Gasteiger partial charge in [0.1, 0.15) is 10.6 Å². The zero-order valence-electron chi connectivity index (χ0n) is 17.9. The standard InChI is InChI=1S/C21H11Cl2F3N6O3S2/c22-12-7-13(30-37(33,34)18-4-2-11(6-15(18)23)21(24,25)26)9-14(8-12)35-20-27-16-5-10(1-3-17(16)36-20)19-28-31-32-29-19/h1-9,30H,(H,28,29,31,32). The number of tetrazole rings is 1. The molecule has 0 aliphatic carbocycles. The van der Waals surface area contributed by atoms with Crippen molar-refractivity contribution in [2.75, 3.05) is 4.72 Å². The number of H-pyrrole nitrogens is 1. The van der Waals surface area contributed by atoms with Gasteiger partial charge in [0.15, 0.2) is 0 Å². The first-order valence-corrected chi connectivity index (χ1v) is 13.1. The summed E-state index contributed by atoms with van der Waals surface area (Å²) in [5.74, 6) is 0.568. The third kappa shape index (κ3) is 5.46. The fourth-order valence-electron chi connectivity index (χ4n) is 3.26. The highest BCUT2D eigenvalue weighted by atomic mass is 35.5. The van der Waals surface area contributed by atoms with Gasteiger partial charge in [-0.25, -0.2) is 13.4 Å². The van der Waals surface area contributed by atoms with E-state index >= 15 is 0 Å². The van der Waals surface area contributed by atoms with E-state index < -0.39 is 31.7 Å². The molecule has 2 heterocycles. The van der Waals surface area contributed by atoms with E-state index in [4.69, 9.17) is 27.9 Å². The van der Waals surface area contributed by atoms with Crippen LogP contribution in [-0.4, -0.2) is 34.0 Å². The van der Waals surface area contributed by atoms with Crippen molar-refractivity contribution in [2.45, 2.75) is 11.1 Å². The SMILES string of the molecule is O=S(=O)(Nc1cc(Cl)cc(Oc2nc3cc(-c4nn[nH]n4)ccc3s2)c1)c1ccc(C(F)(F)F)cc1Cl. The number of hydrogen-bond acceptors (Lipinski definition) is 8. The normalized spacial score (nSPS) is 12.1. The molecule has 5 rings (SSSR count). The Morgan fingerprint density at radius 2 is 1.84 bits per heavy atom. The van der Waals surface area contributed by atoms with Crippen molar-refractivity contribution >= 4 is 60.5 Å². The van der Waals surface area contributed by atoms with Crippen LogP contribution in [0.2, 0.25) is 10.0 Å². The van der Waals surface area contributed by atoms with Gasteiger partial charge in [-0.2, -0.15) is 18.4 Å². The van der Waals surface area contributed by atoms with Crippen LogP contribution in [0.15, 0.2) is 59.5 Å². The maximum Gasteiger partial charge on any atom is 0.416 e. The summed E-state index contributed by atoms with van der Waals surface area (Å²) in [4.78, 5) is 3.88. The lowest BCUT2D eigenvalue weighted by Crippen LogP contribution is -2.14. The number of sulfonamides is 1. The minimum absolute atomic E-state index is 0.000955. The lowest BCUT2D eigenvalue weighted by atomic mass is 10.2. The number of nitrogens with zero attached hydrogens (tertiary/aromatic N) is 4. The van der Waals surface area contributed by atoms with Crippen molar-refractivity contribution in [1.29, 1.82) is 0 Å². The number of hydrogen-bond donors (Lipinski definition) is 2. The van der Waals surface area contributed by atoms with Gasteiger partial charge < -0.3 is 4.74 Å². The number of aromatic nitrogens is 5. The van der Waals surface area contributed by atoms with Crippen LogP contribution in [0.1, 0.15) is 5.56 Å². The molecular weight excluding hydrogens is 576 g/mol. The van der Waals surface area contributed by atoms with Gasteiger partial charge >= 0.3 is 6.18 Å². The quantitative estimate of drug-likeness (QED) is 0.236. The summed E-state index contributed by atoms with van der Waals surface area (Å²) in [6.07, 6.45) is -4.67. The van der Waals surface area contributed by atoms with E-state index in [9.17, 15) is 21.6 Å². The summed E-state index contributed by atoms with van der Waals surface area (Å²) in [5.41, 5.74) is 0.232. The van der Waals surface area contributed by atoms with Crippen LogP contribution in [0.25, 0.3) is 21.6 Å². The Labute approximate surface area is 220 Å². The molecule has 5 aromatic rings. The number of benzene rings is 3. The third-order valence-electron chi connectivity index (χ3n) is 4.85. The number of fused-ring (bicyclic) bond motifs is 1. The molecule has 0 atom stereocenters. The minimum atomic E-state index is -4.67. The highest BCUT2D eigenvalue weighted by molar-refractivity contribution is 7.92. The Hall–Kier alpha value is -3.46. The van der Waals surface area contributed by atoms with Crippen LogP contribution in [0.4, 0.5) is 18.9 Å². The van der Waals surface area contributed by atoms with Crippen LogP contribution in [0, 0.1) is 0 Å². The molecule has 0 fully saturated rings. The molecule has 16 heteroatoms. The van der Waals surface area contributed by atoms with E-state index in [1.54, 1.807) is 12.1 Å². The summed E-state index contributed by atoms with van der Waals surface area (Å²) in [6, 6.07) is 11.4. The maximum absolute atomic E-state index is 12.9. The van der Waals surface area contributed by atoms with Gasteiger partial charge in [0.05, 0.1) is 26.5 Å². The van der Waals surface area contributed by atoms with Gasteiger partial charge in [-0.1, -0.05) is 34.5 Å². The summed E-state index contributed by atoms with van der Waals surface area (Å²) < 4.78 is 73.2. The molecular formula is C21H11Cl2F3N6O3S2. The van der Waals surface area contributed by atoms with Crippen LogP contribution in [0.5, 0.6) is 10.9 Å². The molecule has 0 radical (unpaired) electrons. The van der Waals surface area contributed by atoms with Crippen LogP contribution in [-0.2, 0) is 16.2 Å². The van der Waals surface area contributed by atoms with Crippen molar-refractivity contribution in [3.05, 3.63) is 70.2 Å². The largest absolute Gasteiger partial charge is 0.431 e. The Morgan fingerprint density at radius 3 is 2.54 bits per heavy atom. The fourth-order valence-corrected chi connectivity index (χ4v) is 5.89. The van der Waals surface area contributed by atoms with E-state index in [1.165, 1.54) is 29.5 Å². The van der Waals surface area contributed by atoms with Gasteiger partial charge in [0, 0.05) is 16.7 Å². The van der Waals surface area contributed by atoms with Gasteiger partial charge in [-0.15, -0.1) is 10.2 Å². The molecule has 0 spiro atoms. The molecule has 9 nitrogen and oxygen atoms in total. The molecule has 2 aromatic heterocycles. The Kier molecular flexibility index (Phi) is 6.43. The monoisotopic (exact) mass is 586 g/mol. The number of halogens is 5. The van der Waals surface area contributed by atoms with Crippen molar-refractivity contribution in [3.63, 3.8) is 0 Å². The molecule has 0 saturated heterocycles. The summed E-state index contributed by atoms with van der Waals surface area (Å²) in [5, 5.41) is 13.6. The molecule has 0 bridgehead atoms. The molecule has 37 heavy (non-hydrogen) atoms. The molecule has 190 valence electrons. The van der Waals surface area contributed by atoms with E-state index in [2.05, 4.69) is 30.3 Å². The van der Waals surface area contributed by atoms with Crippen LogP contribution < -0.4 is 9.46 Å². The van der Waals surface area contributed by atoms with Crippen molar-refractivity contribution in [1.82, 2.24) is 25.6 Å². The molecule has 0 aliphatic heterocycles. The molecule has 0 aliphatic rings. The number of alkyl halides is 3. The third-order valence-corrected chi connectivity index (χ3v) is 7.85. The van der Waals surface area contributed by atoms with Crippen molar-refractivity contribution in [2.24, 2.45) is 0 Å². The first kappa shape index (κ1) is 25.2. The van der Waals surface area contributed by atoms with E-state index in [1.807, 2.05) is 6.07 Å². The highest BCUT2D eigenvalue weighted by Crippen LogP contribution is 2.37. The zero-order valence-corrected chi connectivity index (χ0v) is 21.1. The summed E-state index contributed by atoms with van der Waals surface area (Å²) in [6.45, 7) is 0. The molecule has 0 unspecified atom stereocenters. The Balaban J connectivity index is 1.39. The van der Waals surface area contributed by atoms with E-state index in [0.29, 0.717) is 29.0 Å². The number of aromatic amines is 1. The van der Waals surface area contributed by atoms with E-state index in [0.717, 1.165) is 10.8 Å². The number of thiazole rings is 1. The van der Waals surface area contributed by atoms with Gasteiger partial charge in [0.25, 0.3) is 15.2 Å². The first-order valence-electron chi connectivity index (χ1n) is 10.0. The number of rotatable bonds is 6. The van der Waals surface area contributed by atoms with Crippen molar-refractivity contribution in [3.8, 4) is 22.3 Å². The summed E-state index contributed by atoms with van der Waals surface area (Å²) in [7, 11) is -4.36. The molecule has 3 aromatic carbocycles. The van der Waals surface area contributed by atoms with E-state index in [-0.39, 0.29) is 21.7 Å². The Morgan fingerprint density at radius 1 is 1.03 bits per heavy atom. The lowest BCUT2D eigenvalue weighted by molar-refractivity contribution is -0.137. The average molecular weight is 587 g/mol. The predicted molar refractivity (Wildman–Crippen MR) is 132 cm³/mol. The topological polar surface area (TPSA) is 123 Å². The van der Waals surface area contributed by atoms with Crippen LogP contribution in [0.3, 0.4) is 0 Å². The van der Waals surface area contributed by atoms with Gasteiger partial charge in [-0.3, -0.25) is 4.72 Å². The fraction of sp³-hybridized carbons (Fsp3) is 0.0476. The average Bonchev–Trinajstić information content (AvgIpc) is 3.46. The Bertz CT molecular complexity index is 1730. The molecule has 0 saturated carbocycles. The highest BCUT2D eigenvalue weighted by Gasteiger charge is 2.32. The molecule has 0 amide bonds. The second kappa shape index (κ2) is 9.45. The van der Waals surface area contributed by atoms with Crippen LogP contribution >= 0.6 is 34.5 Å². The molecule has 2 N–H and O–H groups in total. The number of nitrogens with one attached hydrogen (secondary N) is 2. The first-order chi connectivity index (χ1) is 17.5.